The molecular formula is C27H56N2O5S. The van der Waals surface area contributed by atoms with Gasteiger partial charge in [-0.1, -0.05) is 27.2 Å². The van der Waals surface area contributed by atoms with Gasteiger partial charge in [0.25, 0.3) is 0 Å². The van der Waals surface area contributed by atoms with Gasteiger partial charge in [0.2, 0.25) is 10.0 Å². The van der Waals surface area contributed by atoms with Crippen LogP contribution in [0.25, 0.3) is 0 Å². The molecule has 8 heteroatoms. The van der Waals surface area contributed by atoms with Crippen LogP contribution in [0.15, 0.2) is 0 Å². The second-order valence-corrected chi connectivity index (χ2v) is 16.2. The van der Waals surface area contributed by atoms with Crippen molar-refractivity contribution in [3.63, 3.8) is 0 Å². The highest BCUT2D eigenvalue weighted by Gasteiger charge is 2.35. The van der Waals surface area contributed by atoms with Crippen LogP contribution in [-0.4, -0.2) is 54.3 Å². The quantitative estimate of drug-likeness (QED) is 0.414. The summed E-state index contributed by atoms with van der Waals surface area (Å²) in [5.41, 5.74) is -1.07. The molecule has 210 valence electrons. The summed E-state index contributed by atoms with van der Waals surface area (Å²) in [6.45, 7) is 27.5. The maximum absolute atomic E-state index is 11.9. The average molecular weight is 521 g/mol. The number of hydrogen-bond donors (Lipinski definition) is 1. The van der Waals surface area contributed by atoms with Crippen molar-refractivity contribution in [2.45, 2.75) is 127 Å². The molecule has 0 saturated carbocycles. The molecule has 1 heterocycles. The molecule has 0 spiro atoms. The van der Waals surface area contributed by atoms with E-state index in [9.17, 15) is 18.3 Å². The molecule has 1 aliphatic heterocycles. The molecule has 0 bridgehead atoms. The molecule has 1 rings (SSSR count). The number of aliphatic hydroxyl groups is 1. The summed E-state index contributed by atoms with van der Waals surface area (Å²) in [5.74, 6) is -0.169. The Bertz CT molecular complexity index is 730. The van der Waals surface area contributed by atoms with Crippen LogP contribution in [0, 0.1) is 27.6 Å². The first kappa shape index (κ1) is 38.4. The zero-order valence-electron chi connectivity index (χ0n) is 25.4. The van der Waals surface area contributed by atoms with Crippen LogP contribution in [0.3, 0.4) is 0 Å². The van der Waals surface area contributed by atoms with Gasteiger partial charge in [-0.3, -0.25) is 4.79 Å². The van der Waals surface area contributed by atoms with Crippen LogP contribution in [0.5, 0.6) is 0 Å². The molecule has 0 aliphatic carbocycles. The Labute approximate surface area is 217 Å². The van der Waals surface area contributed by atoms with E-state index in [2.05, 4.69) is 10.8 Å². The molecule has 7 nitrogen and oxygen atoms in total. The zero-order valence-corrected chi connectivity index (χ0v) is 26.2. The van der Waals surface area contributed by atoms with Crippen molar-refractivity contribution in [1.82, 2.24) is 4.31 Å². The van der Waals surface area contributed by atoms with Crippen LogP contribution < -0.4 is 0 Å². The van der Waals surface area contributed by atoms with Crippen molar-refractivity contribution in [1.29, 1.82) is 5.26 Å². The number of piperidine rings is 1. The number of rotatable bonds is 1. The Balaban J connectivity index is -0.000000410. The number of hydrogen-bond acceptors (Lipinski definition) is 6. The Morgan fingerprint density at radius 3 is 1.29 bits per heavy atom. The van der Waals surface area contributed by atoms with Gasteiger partial charge in [0, 0.05) is 18.5 Å². The van der Waals surface area contributed by atoms with E-state index in [1.807, 2.05) is 76.2 Å². The van der Waals surface area contributed by atoms with Crippen LogP contribution in [0.2, 0.25) is 0 Å². The number of nitrogens with zero attached hydrogens (tertiary/aromatic N) is 2. The second-order valence-electron chi connectivity index (χ2n) is 13.5. The number of sulfonamides is 1. The molecule has 1 fully saturated rings. The number of carbonyl (C=O) groups excluding carboxylic acids is 1. The van der Waals surface area contributed by atoms with Crippen molar-refractivity contribution in [2.24, 2.45) is 16.2 Å². The Hall–Kier alpha value is -1.17. The van der Waals surface area contributed by atoms with Gasteiger partial charge in [0.05, 0.1) is 28.9 Å². The lowest BCUT2D eigenvalue weighted by atomic mass is 9.79. The van der Waals surface area contributed by atoms with Gasteiger partial charge in [0.1, 0.15) is 0 Å². The molecule has 1 aliphatic rings. The largest absolute Gasteiger partial charge is 0.469 e. The van der Waals surface area contributed by atoms with Gasteiger partial charge < -0.3 is 9.84 Å². The molecule has 0 aromatic carbocycles. The number of esters is 1. The van der Waals surface area contributed by atoms with Crippen LogP contribution in [0.4, 0.5) is 0 Å². The summed E-state index contributed by atoms with van der Waals surface area (Å²) >= 11 is 0. The summed E-state index contributed by atoms with van der Waals surface area (Å²) in [5, 5.41) is 17.5. The number of methoxy groups -OCH3 is 1. The zero-order chi connectivity index (χ0) is 29.1. The Morgan fingerprint density at radius 2 is 1.14 bits per heavy atom. The second kappa shape index (κ2) is 14.5. The first-order valence-corrected chi connectivity index (χ1v) is 13.8. The monoisotopic (exact) mass is 520 g/mol. The van der Waals surface area contributed by atoms with E-state index in [0.29, 0.717) is 13.1 Å². The van der Waals surface area contributed by atoms with Gasteiger partial charge in [-0.15, -0.1) is 0 Å². The normalized spacial score (nSPS) is 15.6. The van der Waals surface area contributed by atoms with E-state index >= 15 is 0 Å². The fourth-order valence-corrected chi connectivity index (χ4v) is 3.31. The predicted molar refractivity (Wildman–Crippen MR) is 146 cm³/mol. The fraction of sp³-hybridized carbons (Fsp3) is 0.926. The van der Waals surface area contributed by atoms with Crippen molar-refractivity contribution in [2.75, 3.05) is 20.2 Å². The van der Waals surface area contributed by atoms with Crippen molar-refractivity contribution in [3.05, 3.63) is 0 Å². The lowest BCUT2D eigenvalue weighted by Gasteiger charge is -2.33. The topological polar surface area (TPSA) is 108 Å². The summed E-state index contributed by atoms with van der Waals surface area (Å²) in [7, 11) is -1.67. The molecule has 1 N–H and O–H groups in total. The molecule has 0 unspecified atom stereocenters. The Kier molecular flexibility index (Phi) is 15.9. The molecule has 0 radical (unpaired) electrons. The van der Waals surface area contributed by atoms with E-state index in [0.717, 1.165) is 19.3 Å². The minimum absolute atomic E-state index is 0.00694. The van der Waals surface area contributed by atoms with Crippen molar-refractivity contribution in [3.8, 4) is 6.07 Å². The smallest absolute Gasteiger partial charge is 0.310 e. The lowest BCUT2D eigenvalue weighted by Crippen LogP contribution is -2.45. The Morgan fingerprint density at radius 1 is 0.829 bits per heavy atom. The summed E-state index contributed by atoms with van der Waals surface area (Å²) < 4.78 is 29.3. The molecule has 0 amide bonds. The van der Waals surface area contributed by atoms with E-state index < -0.39 is 20.4 Å². The molecular weight excluding hydrogens is 464 g/mol. The van der Waals surface area contributed by atoms with Crippen LogP contribution >= 0.6 is 0 Å². The maximum Gasteiger partial charge on any atom is 0.310 e. The van der Waals surface area contributed by atoms with Crippen LogP contribution in [0.1, 0.15) is 116 Å². The number of carbonyl (C=O) groups is 1. The average Bonchev–Trinajstić information content (AvgIpc) is 2.65. The third kappa shape index (κ3) is 17.8. The molecule has 1 saturated heterocycles. The van der Waals surface area contributed by atoms with Crippen molar-refractivity contribution < 1.29 is 23.1 Å². The fourth-order valence-electron chi connectivity index (χ4n) is 1.80. The van der Waals surface area contributed by atoms with Crippen molar-refractivity contribution >= 4 is 16.0 Å². The third-order valence-corrected chi connectivity index (χ3v) is 7.99. The van der Waals surface area contributed by atoms with Gasteiger partial charge in [-0.25, -0.2) is 12.7 Å². The van der Waals surface area contributed by atoms with E-state index in [-0.39, 0.29) is 22.2 Å². The van der Waals surface area contributed by atoms with E-state index in [1.165, 1.54) is 7.11 Å². The van der Waals surface area contributed by atoms with E-state index in [4.69, 9.17) is 5.26 Å². The first-order valence-electron chi connectivity index (χ1n) is 12.4. The van der Waals surface area contributed by atoms with Crippen LogP contribution in [-0.2, 0) is 19.6 Å². The highest BCUT2D eigenvalue weighted by Crippen LogP contribution is 2.28. The van der Waals surface area contributed by atoms with E-state index in [1.54, 1.807) is 25.1 Å². The maximum atomic E-state index is 11.9. The lowest BCUT2D eigenvalue weighted by molar-refractivity contribution is -0.149. The first-order chi connectivity index (χ1) is 15.1. The summed E-state index contributed by atoms with van der Waals surface area (Å²) in [4.78, 5) is 10.6. The SMILES string of the molecule is CC(C)(C)C#N.CC(C)(C)C(C)(C)O.CC(C)(C)S(=O)(=O)N1CCCCC1.COC(=O)C(C)(C)C. The number of ether oxygens (including phenoxy) is 1. The predicted octanol–water partition coefficient (Wildman–Crippen LogP) is 6.17. The minimum Gasteiger partial charge on any atom is -0.469 e. The van der Waals surface area contributed by atoms with Gasteiger partial charge >= 0.3 is 5.97 Å². The molecule has 0 aromatic rings. The third-order valence-electron chi connectivity index (χ3n) is 5.40. The minimum atomic E-state index is -3.07. The number of nitriles is 1. The standard InChI is InChI=1S/C9H19NO2S.C7H16O.C6H12O2.C5H9N/c1-9(2,3)13(11,12)10-7-5-4-6-8-10;1-6(2,3)7(4,5)8;1-6(2,3)5(7)8-4;1-5(2,3)4-6/h4-8H2,1-3H3;8H,1-5H3;1-4H3;1-3H3. The summed E-state index contributed by atoms with van der Waals surface area (Å²) in [6.07, 6.45) is 3.18. The molecule has 0 aromatic heterocycles. The molecule has 35 heavy (non-hydrogen) atoms. The molecule has 0 atom stereocenters. The van der Waals surface area contributed by atoms with Gasteiger partial charge in [0.15, 0.2) is 0 Å². The highest BCUT2D eigenvalue weighted by molar-refractivity contribution is 7.90. The highest BCUT2D eigenvalue weighted by atomic mass is 32.2. The van der Waals surface area contributed by atoms with Gasteiger partial charge in [-0.2, -0.15) is 5.26 Å². The summed E-state index contributed by atoms with van der Waals surface area (Å²) in [6, 6.07) is 2.10. The van der Waals surface area contributed by atoms with Gasteiger partial charge in [-0.05, 0) is 94.4 Å².